The number of nitriles is 1. The minimum absolute atomic E-state index is 0.0438. The molecular weight excluding hydrogens is 341 g/mol. The first-order valence-electron chi connectivity index (χ1n) is 7.78. The van der Waals surface area contributed by atoms with Crippen LogP contribution in [0.5, 0.6) is 0 Å². The Morgan fingerprint density at radius 1 is 1.20 bits per heavy atom. The highest BCUT2D eigenvalue weighted by Gasteiger charge is 2.31. The summed E-state index contributed by atoms with van der Waals surface area (Å²) in [5, 5.41) is 9.07. The van der Waals surface area contributed by atoms with Crippen LogP contribution < -0.4 is 0 Å². The third-order valence-electron chi connectivity index (χ3n) is 4.55. The number of rotatable bonds is 2. The normalized spacial score (nSPS) is 15.0. The largest absolute Gasteiger partial charge is 0.360 e. The third-order valence-corrected chi connectivity index (χ3v) is 6.42. The number of halogens is 1. The lowest BCUT2D eigenvalue weighted by atomic mass is 9.99. The molecule has 2 aromatic carbocycles. The summed E-state index contributed by atoms with van der Waals surface area (Å²) >= 11 is 0. The van der Waals surface area contributed by atoms with Crippen molar-refractivity contribution in [3.8, 4) is 6.07 Å². The second-order valence-electron chi connectivity index (χ2n) is 6.00. The fourth-order valence-electron chi connectivity index (χ4n) is 3.25. The van der Waals surface area contributed by atoms with Crippen molar-refractivity contribution in [2.45, 2.75) is 17.9 Å². The molecule has 0 saturated heterocycles. The van der Waals surface area contributed by atoms with E-state index < -0.39 is 15.8 Å². The molecule has 0 fully saturated rings. The number of aromatic nitrogens is 1. The maximum absolute atomic E-state index is 14.2. The molecule has 0 amide bonds. The van der Waals surface area contributed by atoms with Crippen molar-refractivity contribution in [1.82, 2.24) is 9.29 Å². The molecular formula is C18H14FN3O2S. The molecule has 25 heavy (non-hydrogen) atoms. The maximum atomic E-state index is 14.2. The Bertz CT molecular complexity index is 1130. The first-order chi connectivity index (χ1) is 12.0. The van der Waals surface area contributed by atoms with E-state index in [1.165, 1.54) is 22.6 Å². The van der Waals surface area contributed by atoms with Crippen LogP contribution in [0.15, 0.2) is 47.5 Å². The summed E-state index contributed by atoms with van der Waals surface area (Å²) in [4.78, 5) is 2.78. The molecule has 4 rings (SSSR count). The summed E-state index contributed by atoms with van der Waals surface area (Å²) in [6.45, 7) is 0.510. The smallest absolute Gasteiger partial charge is 0.245 e. The molecule has 0 atom stereocenters. The number of hydrogen-bond donors (Lipinski definition) is 1. The molecule has 0 saturated carbocycles. The Balaban J connectivity index is 1.75. The SMILES string of the molecule is N#Cc1ccc2c(c1)CCN(S(=O)(=O)c1c[nH]c3cccc(F)c13)C2. The number of nitrogens with one attached hydrogen (secondary N) is 1. The summed E-state index contributed by atoms with van der Waals surface area (Å²) in [6.07, 6.45) is 1.87. The van der Waals surface area contributed by atoms with Gasteiger partial charge in [-0.15, -0.1) is 0 Å². The Kier molecular flexibility index (Phi) is 3.60. The van der Waals surface area contributed by atoms with Gasteiger partial charge in [-0.05, 0) is 41.8 Å². The van der Waals surface area contributed by atoms with Gasteiger partial charge in [0.2, 0.25) is 10.0 Å². The van der Waals surface area contributed by atoms with Crippen LogP contribution >= 0.6 is 0 Å². The molecule has 0 aliphatic carbocycles. The lowest BCUT2D eigenvalue weighted by Crippen LogP contribution is -2.36. The van der Waals surface area contributed by atoms with Crippen molar-refractivity contribution in [2.24, 2.45) is 0 Å². The highest BCUT2D eigenvalue weighted by atomic mass is 32.2. The number of aromatic amines is 1. The van der Waals surface area contributed by atoms with E-state index in [0.29, 0.717) is 24.0 Å². The minimum atomic E-state index is -3.83. The zero-order chi connectivity index (χ0) is 17.6. The first-order valence-corrected chi connectivity index (χ1v) is 9.22. The summed E-state index contributed by atoms with van der Waals surface area (Å²) in [5.74, 6) is -0.562. The molecule has 3 aromatic rings. The molecule has 7 heteroatoms. The van der Waals surface area contributed by atoms with Gasteiger partial charge >= 0.3 is 0 Å². The lowest BCUT2D eigenvalue weighted by molar-refractivity contribution is 0.391. The van der Waals surface area contributed by atoms with Gasteiger partial charge < -0.3 is 4.98 Å². The quantitative estimate of drug-likeness (QED) is 0.768. The van der Waals surface area contributed by atoms with Crippen molar-refractivity contribution in [3.63, 3.8) is 0 Å². The monoisotopic (exact) mass is 355 g/mol. The van der Waals surface area contributed by atoms with E-state index in [9.17, 15) is 12.8 Å². The fraction of sp³-hybridized carbons (Fsp3) is 0.167. The van der Waals surface area contributed by atoms with Gasteiger partial charge in [0.05, 0.1) is 17.0 Å². The van der Waals surface area contributed by atoms with Crippen LogP contribution in [0.25, 0.3) is 10.9 Å². The Morgan fingerprint density at radius 3 is 2.84 bits per heavy atom. The summed E-state index contributed by atoms with van der Waals surface area (Å²) < 4.78 is 41.6. The highest BCUT2D eigenvalue weighted by Crippen LogP contribution is 2.31. The van der Waals surface area contributed by atoms with Crippen LogP contribution in [-0.2, 0) is 23.0 Å². The van der Waals surface area contributed by atoms with Gasteiger partial charge in [-0.25, -0.2) is 12.8 Å². The molecule has 5 nitrogen and oxygen atoms in total. The Hall–Kier alpha value is -2.69. The van der Waals surface area contributed by atoms with E-state index in [4.69, 9.17) is 5.26 Å². The van der Waals surface area contributed by atoms with Gasteiger partial charge in [-0.2, -0.15) is 9.57 Å². The van der Waals surface area contributed by atoms with Crippen LogP contribution in [0.4, 0.5) is 4.39 Å². The third kappa shape index (κ3) is 2.51. The highest BCUT2D eigenvalue weighted by molar-refractivity contribution is 7.89. The maximum Gasteiger partial charge on any atom is 0.245 e. The van der Waals surface area contributed by atoms with Crippen LogP contribution in [0.3, 0.4) is 0 Å². The number of nitrogens with zero attached hydrogens (tertiary/aromatic N) is 2. The second kappa shape index (κ2) is 5.69. The van der Waals surface area contributed by atoms with Crippen molar-refractivity contribution in [1.29, 1.82) is 5.26 Å². The van der Waals surface area contributed by atoms with Gasteiger partial charge in [0, 0.05) is 24.8 Å². The molecule has 1 aliphatic rings. The van der Waals surface area contributed by atoms with Crippen molar-refractivity contribution < 1.29 is 12.8 Å². The van der Waals surface area contributed by atoms with Crippen LogP contribution in [0, 0.1) is 17.1 Å². The average Bonchev–Trinajstić information content (AvgIpc) is 3.07. The Morgan fingerprint density at radius 2 is 2.04 bits per heavy atom. The van der Waals surface area contributed by atoms with E-state index in [-0.39, 0.29) is 16.8 Å². The fourth-order valence-corrected chi connectivity index (χ4v) is 4.85. The van der Waals surface area contributed by atoms with E-state index in [0.717, 1.165) is 11.1 Å². The van der Waals surface area contributed by atoms with Gasteiger partial charge in [-0.3, -0.25) is 0 Å². The number of H-pyrrole nitrogens is 1. The predicted octanol–water partition coefficient (Wildman–Crippen LogP) is 2.93. The van der Waals surface area contributed by atoms with Crippen LogP contribution in [0.1, 0.15) is 16.7 Å². The molecule has 1 aromatic heterocycles. The zero-order valence-corrected chi connectivity index (χ0v) is 14.0. The van der Waals surface area contributed by atoms with E-state index in [1.54, 1.807) is 24.3 Å². The second-order valence-corrected chi connectivity index (χ2v) is 7.91. The topological polar surface area (TPSA) is 77.0 Å². The summed E-state index contributed by atoms with van der Waals surface area (Å²) in [6, 6.07) is 11.8. The predicted molar refractivity (Wildman–Crippen MR) is 90.7 cm³/mol. The number of fused-ring (bicyclic) bond motifs is 2. The first kappa shape index (κ1) is 15.8. The standard InChI is InChI=1S/C18H14FN3O2S/c19-15-2-1-3-16-18(15)17(10-21-16)25(23,24)22-7-6-13-8-12(9-20)4-5-14(13)11-22/h1-5,8,10,21H,6-7,11H2. The molecule has 126 valence electrons. The molecule has 1 N–H and O–H groups in total. The molecule has 0 radical (unpaired) electrons. The molecule has 0 spiro atoms. The lowest BCUT2D eigenvalue weighted by Gasteiger charge is -2.28. The van der Waals surface area contributed by atoms with Gasteiger partial charge in [0.15, 0.2) is 0 Å². The molecule has 0 unspecified atom stereocenters. The van der Waals surface area contributed by atoms with Gasteiger partial charge in [0.1, 0.15) is 10.7 Å². The number of benzene rings is 2. The summed E-state index contributed by atoms with van der Waals surface area (Å²) in [5.41, 5.74) is 2.87. The van der Waals surface area contributed by atoms with Gasteiger partial charge in [-0.1, -0.05) is 12.1 Å². The van der Waals surface area contributed by atoms with E-state index >= 15 is 0 Å². The average molecular weight is 355 g/mol. The van der Waals surface area contributed by atoms with Crippen molar-refractivity contribution >= 4 is 20.9 Å². The number of sulfonamides is 1. The van der Waals surface area contributed by atoms with Gasteiger partial charge in [0.25, 0.3) is 0 Å². The van der Waals surface area contributed by atoms with E-state index in [2.05, 4.69) is 11.1 Å². The molecule has 0 bridgehead atoms. The Labute approximate surface area is 144 Å². The molecule has 1 aliphatic heterocycles. The number of hydrogen-bond acceptors (Lipinski definition) is 3. The van der Waals surface area contributed by atoms with Crippen molar-refractivity contribution in [2.75, 3.05) is 6.54 Å². The summed E-state index contributed by atoms with van der Waals surface area (Å²) in [7, 11) is -3.83. The minimum Gasteiger partial charge on any atom is -0.360 e. The van der Waals surface area contributed by atoms with Crippen LogP contribution in [0.2, 0.25) is 0 Å². The van der Waals surface area contributed by atoms with E-state index in [1.807, 2.05) is 0 Å². The zero-order valence-electron chi connectivity index (χ0n) is 13.2. The molecule has 2 heterocycles. The van der Waals surface area contributed by atoms with Crippen LogP contribution in [-0.4, -0.2) is 24.3 Å². The van der Waals surface area contributed by atoms with Crippen molar-refractivity contribution in [3.05, 3.63) is 65.1 Å².